The number of rotatable bonds is 2. The lowest BCUT2D eigenvalue weighted by molar-refractivity contribution is 0.591. The van der Waals surface area contributed by atoms with Crippen molar-refractivity contribution >= 4 is 21.4 Å². The second-order valence-corrected chi connectivity index (χ2v) is 6.50. The van der Waals surface area contributed by atoms with E-state index in [4.69, 9.17) is 5.73 Å². The standard InChI is InChI=1S/C14H13FN2O2S/c15-11-4-6-12(7-5-11)20(18,19)17-9-8-10-2-1-3-13(16)14(10)17/h1-7H,8-9,16H2. The molecule has 0 saturated carbocycles. The minimum Gasteiger partial charge on any atom is -0.397 e. The van der Waals surface area contributed by atoms with Crippen LogP contribution in [-0.2, 0) is 16.4 Å². The van der Waals surface area contributed by atoms with Crippen molar-refractivity contribution in [1.82, 2.24) is 0 Å². The molecule has 2 aromatic carbocycles. The smallest absolute Gasteiger partial charge is 0.264 e. The molecular formula is C14H13FN2O2S. The normalized spacial score (nSPS) is 14.3. The van der Waals surface area contributed by atoms with Gasteiger partial charge in [-0.05, 0) is 42.3 Å². The van der Waals surface area contributed by atoms with Crippen LogP contribution in [0.2, 0.25) is 0 Å². The molecule has 0 spiro atoms. The monoisotopic (exact) mass is 292 g/mol. The summed E-state index contributed by atoms with van der Waals surface area (Å²) in [5.74, 6) is -0.467. The minimum atomic E-state index is -3.70. The molecule has 0 aromatic heterocycles. The molecule has 104 valence electrons. The minimum absolute atomic E-state index is 0.0648. The first-order valence-electron chi connectivity index (χ1n) is 6.16. The van der Waals surface area contributed by atoms with Crippen molar-refractivity contribution in [3.05, 3.63) is 53.8 Å². The van der Waals surface area contributed by atoms with Crippen LogP contribution in [0.15, 0.2) is 47.4 Å². The average Bonchev–Trinajstić information content (AvgIpc) is 2.85. The van der Waals surface area contributed by atoms with Crippen molar-refractivity contribution in [3.63, 3.8) is 0 Å². The highest BCUT2D eigenvalue weighted by atomic mass is 32.2. The van der Waals surface area contributed by atoms with Crippen LogP contribution in [-0.4, -0.2) is 15.0 Å². The Balaban J connectivity index is 2.09. The topological polar surface area (TPSA) is 63.4 Å². The molecule has 6 heteroatoms. The fraction of sp³-hybridized carbons (Fsp3) is 0.143. The number of para-hydroxylation sites is 1. The molecular weight excluding hydrogens is 279 g/mol. The molecule has 0 saturated heterocycles. The number of fused-ring (bicyclic) bond motifs is 1. The lowest BCUT2D eigenvalue weighted by Gasteiger charge is -2.20. The van der Waals surface area contributed by atoms with Crippen molar-refractivity contribution in [2.75, 3.05) is 16.6 Å². The van der Waals surface area contributed by atoms with Gasteiger partial charge >= 0.3 is 0 Å². The molecule has 0 fully saturated rings. The molecule has 0 unspecified atom stereocenters. The lowest BCUT2D eigenvalue weighted by Crippen LogP contribution is -2.29. The second kappa shape index (κ2) is 4.49. The molecule has 0 atom stereocenters. The number of nitrogens with zero attached hydrogens (tertiary/aromatic N) is 1. The quantitative estimate of drug-likeness (QED) is 0.863. The summed E-state index contributed by atoms with van der Waals surface area (Å²) in [4.78, 5) is 0.0648. The van der Waals surface area contributed by atoms with Gasteiger partial charge in [-0.1, -0.05) is 12.1 Å². The van der Waals surface area contributed by atoms with E-state index < -0.39 is 15.8 Å². The van der Waals surface area contributed by atoms with Crippen molar-refractivity contribution < 1.29 is 12.8 Å². The van der Waals surface area contributed by atoms with E-state index in [0.29, 0.717) is 24.3 Å². The number of anilines is 2. The van der Waals surface area contributed by atoms with Gasteiger partial charge in [-0.15, -0.1) is 0 Å². The van der Waals surface area contributed by atoms with Crippen molar-refractivity contribution in [2.45, 2.75) is 11.3 Å². The molecule has 4 nitrogen and oxygen atoms in total. The number of hydrogen-bond donors (Lipinski definition) is 1. The molecule has 3 rings (SSSR count). The second-order valence-electron chi connectivity index (χ2n) is 4.64. The Kier molecular flexibility index (Phi) is 2.90. The third-order valence-corrected chi connectivity index (χ3v) is 5.20. The predicted molar refractivity (Wildman–Crippen MR) is 75.5 cm³/mol. The summed E-state index contributed by atoms with van der Waals surface area (Å²) in [6, 6.07) is 10.2. The maximum absolute atomic E-state index is 12.9. The lowest BCUT2D eigenvalue weighted by atomic mass is 10.1. The van der Waals surface area contributed by atoms with Crippen LogP contribution in [0.4, 0.5) is 15.8 Å². The third-order valence-electron chi connectivity index (χ3n) is 3.39. The van der Waals surface area contributed by atoms with Crippen LogP contribution in [0, 0.1) is 5.82 Å². The summed E-state index contributed by atoms with van der Waals surface area (Å²) in [7, 11) is -3.70. The number of sulfonamides is 1. The summed E-state index contributed by atoms with van der Waals surface area (Å²) >= 11 is 0. The van der Waals surface area contributed by atoms with Crippen LogP contribution in [0.1, 0.15) is 5.56 Å². The van der Waals surface area contributed by atoms with E-state index in [0.717, 1.165) is 17.7 Å². The molecule has 0 aliphatic carbocycles. The molecule has 0 amide bonds. The van der Waals surface area contributed by atoms with Gasteiger partial charge in [0.2, 0.25) is 0 Å². The Labute approximate surface area is 116 Å². The largest absolute Gasteiger partial charge is 0.397 e. The van der Waals surface area contributed by atoms with E-state index >= 15 is 0 Å². The van der Waals surface area contributed by atoms with Gasteiger partial charge in [0.25, 0.3) is 10.0 Å². The van der Waals surface area contributed by atoms with Crippen molar-refractivity contribution in [2.24, 2.45) is 0 Å². The highest BCUT2D eigenvalue weighted by Gasteiger charge is 2.32. The van der Waals surface area contributed by atoms with E-state index in [-0.39, 0.29) is 4.90 Å². The molecule has 2 aromatic rings. The molecule has 0 radical (unpaired) electrons. The van der Waals surface area contributed by atoms with E-state index in [9.17, 15) is 12.8 Å². The summed E-state index contributed by atoms with van der Waals surface area (Å²) in [5.41, 5.74) is 7.78. The zero-order valence-corrected chi connectivity index (χ0v) is 11.4. The van der Waals surface area contributed by atoms with Crippen LogP contribution < -0.4 is 10.0 Å². The highest BCUT2D eigenvalue weighted by Crippen LogP contribution is 2.37. The molecule has 20 heavy (non-hydrogen) atoms. The van der Waals surface area contributed by atoms with Gasteiger partial charge in [0.05, 0.1) is 16.3 Å². The number of nitrogen functional groups attached to an aromatic ring is 1. The van der Waals surface area contributed by atoms with Crippen LogP contribution in [0.3, 0.4) is 0 Å². The van der Waals surface area contributed by atoms with E-state index in [1.54, 1.807) is 6.07 Å². The third kappa shape index (κ3) is 1.92. The van der Waals surface area contributed by atoms with Gasteiger partial charge < -0.3 is 5.73 Å². The Hall–Kier alpha value is -2.08. The van der Waals surface area contributed by atoms with Gasteiger partial charge in [-0.3, -0.25) is 4.31 Å². The van der Waals surface area contributed by atoms with E-state index in [2.05, 4.69) is 0 Å². The van der Waals surface area contributed by atoms with Gasteiger partial charge in [-0.2, -0.15) is 0 Å². The molecule has 1 heterocycles. The van der Waals surface area contributed by atoms with Crippen LogP contribution >= 0.6 is 0 Å². The van der Waals surface area contributed by atoms with Gasteiger partial charge in [0.1, 0.15) is 5.82 Å². The summed E-state index contributed by atoms with van der Waals surface area (Å²) in [6.07, 6.45) is 0.626. The SMILES string of the molecule is Nc1cccc2c1N(S(=O)(=O)c1ccc(F)cc1)CC2. The summed E-state index contributed by atoms with van der Waals surface area (Å²) in [5, 5.41) is 0. The Bertz CT molecular complexity index is 757. The Morgan fingerprint density at radius 1 is 1.10 bits per heavy atom. The summed E-state index contributed by atoms with van der Waals surface area (Å²) in [6.45, 7) is 0.350. The Morgan fingerprint density at radius 2 is 1.80 bits per heavy atom. The number of benzene rings is 2. The van der Waals surface area contributed by atoms with Crippen LogP contribution in [0.25, 0.3) is 0 Å². The number of nitrogens with two attached hydrogens (primary N) is 1. The number of halogens is 1. The summed E-state index contributed by atoms with van der Waals surface area (Å²) < 4.78 is 39.4. The van der Waals surface area contributed by atoms with Gasteiger partial charge in [0, 0.05) is 6.54 Å². The molecule has 2 N–H and O–H groups in total. The fourth-order valence-corrected chi connectivity index (χ4v) is 3.95. The molecule has 0 bridgehead atoms. The zero-order valence-electron chi connectivity index (χ0n) is 10.6. The highest BCUT2D eigenvalue weighted by molar-refractivity contribution is 7.92. The number of hydrogen-bond acceptors (Lipinski definition) is 3. The zero-order chi connectivity index (χ0) is 14.3. The van der Waals surface area contributed by atoms with E-state index in [1.165, 1.54) is 16.4 Å². The molecule has 1 aliphatic rings. The maximum atomic E-state index is 12.9. The van der Waals surface area contributed by atoms with Crippen LogP contribution in [0.5, 0.6) is 0 Å². The molecule has 1 aliphatic heterocycles. The predicted octanol–water partition coefficient (Wildman–Crippen LogP) is 2.16. The van der Waals surface area contributed by atoms with E-state index in [1.807, 2.05) is 12.1 Å². The fourth-order valence-electron chi connectivity index (χ4n) is 2.43. The Morgan fingerprint density at radius 3 is 2.50 bits per heavy atom. The maximum Gasteiger partial charge on any atom is 0.264 e. The first-order valence-corrected chi connectivity index (χ1v) is 7.60. The van der Waals surface area contributed by atoms with Crippen molar-refractivity contribution in [1.29, 1.82) is 0 Å². The average molecular weight is 292 g/mol. The first kappa shape index (κ1) is 12.9. The van der Waals surface area contributed by atoms with Gasteiger partial charge in [-0.25, -0.2) is 12.8 Å². The van der Waals surface area contributed by atoms with Crippen molar-refractivity contribution in [3.8, 4) is 0 Å². The van der Waals surface area contributed by atoms with Gasteiger partial charge in [0.15, 0.2) is 0 Å². The first-order chi connectivity index (χ1) is 9.50.